The lowest BCUT2D eigenvalue weighted by Crippen LogP contribution is -2.14. The first-order chi connectivity index (χ1) is 9.22. The van der Waals surface area contributed by atoms with Crippen molar-refractivity contribution in [3.63, 3.8) is 0 Å². The summed E-state index contributed by atoms with van der Waals surface area (Å²) in [5.74, 6) is 7.52. The standard InChI is InChI=1S/C13H19N5S/c1-3-5-10(11-6-4-7-19-11)17-12-8-13(18-14)16-9(2)15-12/h4,6-8,10H,3,5,14H2,1-2H3,(H2,15,16,17,18). The number of aryl methyl sites for hydroxylation is 1. The molecule has 2 aromatic rings. The molecular weight excluding hydrogens is 258 g/mol. The van der Waals surface area contributed by atoms with Crippen molar-refractivity contribution in [1.29, 1.82) is 0 Å². The fraction of sp³-hybridized carbons (Fsp3) is 0.385. The lowest BCUT2D eigenvalue weighted by molar-refractivity contribution is 0.684. The molecule has 5 nitrogen and oxygen atoms in total. The van der Waals surface area contributed by atoms with E-state index < -0.39 is 0 Å². The molecule has 0 aliphatic carbocycles. The largest absolute Gasteiger partial charge is 0.362 e. The van der Waals surface area contributed by atoms with Crippen molar-refractivity contribution in [1.82, 2.24) is 9.97 Å². The lowest BCUT2D eigenvalue weighted by Gasteiger charge is -2.18. The summed E-state index contributed by atoms with van der Waals surface area (Å²) >= 11 is 1.76. The summed E-state index contributed by atoms with van der Waals surface area (Å²) in [6, 6.07) is 6.32. The van der Waals surface area contributed by atoms with Crippen LogP contribution in [0.4, 0.5) is 11.6 Å². The first-order valence-electron chi connectivity index (χ1n) is 6.35. The van der Waals surface area contributed by atoms with Crippen LogP contribution in [0.25, 0.3) is 0 Å². The summed E-state index contributed by atoms with van der Waals surface area (Å²) in [7, 11) is 0. The van der Waals surface area contributed by atoms with Gasteiger partial charge in [0, 0.05) is 10.9 Å². The number of anilines is 2. The summed E-state index contributed by atoms with van der Waals surface area (Å²) in [4.78, 5) is 9.90. The number of rotatable bonds is 6. The molecule has 0 aliphatic heterocycles. The molecule has 2 aromatic heterocycles. The van der Waals surface area contributed by atoms with Crippen LogP contribution in [0.3, 0.4) is 0 Å². The summed E-state index contributed by atoms with van der Waals surface area (Å²) < 4.78 is 0. The highest BCUT2D eigenvalue weighted by molar-refractivity contribution is 7.10. The van der Waals surface area contributed by atoms with Crippen molar-refractivity contribution >= 4 is 23.0 Å². The fourth-order valence-corrected chi connectivity index (χ4v) is 2.77. The lowest BCUT2D eigenvalue weighted by atomic mass is 10.1. The molecule has 0 saturated heterocycles. The molecule has 0 aromatic carbocycles. The van der Waals surface area contributed by atoms with Gasteiger partial charge in [-0.1, -0.05) is 19.4 Å². The van der Waals surface area contributed by atoms with Crippen molar-refractivity contribution in [2.75, 3.05) is 10.7 Å². The topological polar surface area (TPSA) is 75.9 Å². The highest BCUT2D eigenvalue weighted by atomic mass is 32.1. The Morgan fingerprint density at radius 1 is 1.37 bits per heavy atom. The number of nitrogens with one attached hydrogen (secondary N) is 2. The Bertz CT molecular complexity index is 512. The third-order valence-electron chi connectivity index (χ3n) is 2.77. The minimum absolute atomic E-state index is 0.282. The second-order valence-electron chi connectivity index (χ2n) is 4.33. The van der Waals surface area contributed by atoms with Gasteiger partial charge in [-0.3, -0.25) is 0 Å². The molecule has 6 heteroatoms. The molecule has 1 unspecified atom stereocenters. The van der Waals surface area contributed by atoms with E-state index in [2.05, 4.69) is 45.1 Å². The minimum atomic E-state index is 0.282. The maximum Gasteiger partial charge on any atom is 0.145 e. The van der Waals surface area contributed by atoms with Gasteiger partial charge < -0.3 is 10.7 Å². The maximum atomic E-state index is 5.41. The van der Waals surface area contributed by atoms with E-state index in [1.165, 1.54) is 4.88 Å². The number of nitrogens with two attached hydrogens (primary N) is 1. The van der Waals surface area contributed by atoms with Crippen molar-refractivity contribution < 1.29 is 0 Å². The monoisotopic (exact) mass is 277 g/mol. The van der Waals surface area contributed by atoms with Crippen LogP contribution < -0.4 is 16.6 Å². The molecule has 1 atom stereocenters. The number of thiophene rings is 1. The molecule has 2 heterocycles. The van der Waals surface area contributed by atoms with Crippen molar-refractivity contribution in [3.05, 3.63) is 34.3 Å². The Hall–Kier alpha value is -1.66. The third kappa shape index (κ3) is 3.65. The van der Waals surface area contributed by atoms with Gasteiger partial charge in [-0.05, 0) is 24.8 Å². The zero-order valence-electron chi connectivity index (χ0n) is 11.2. The quantitative estimate of drug-likeness (QED) is 0.559. The molecule has 0 spiro atoms. The molecule has 4 N–H and O–H groups in total. The van der Waals surface area contributed by atoms with Gasteiger partial charge in [-0.2, -0.15) is 0 Å². The third-order valence-corrected chi connectivity index (χ3v) is 3.76. The van der Waals surface area contributed by atoms with Gasteiger partial charge in [-0.25, -0.2) is 15.8 Å². The second-order valence-corrected chi connectivity index (χ2v) is 5.31. The summed E-state index contributed by atoms with van der Waals surface area (Å²) in [6.45, 7) is 4.03. The van der Waals surface area contributed by atoms with Crippen molar-refractivity contribution in [2.24, 2.45) is 5.84 Å². The van der Waals surface area contributed by atoms with Gasteiger partial charge in [0.05, 0.1) is 6.04 Å². The zero-order chi connectivity index (χ0) is 13.7. The Kier molecular flexibility index (Phi) is 4.70. The van der Waals surface area contributed by atoms with E-state index >= 15 is 0 Å². The van der Waals surface area contributed by atoms with Crippen LogP contribution >= 0.6 is 11.3 Å². The minimum Gasteiger partial charge on any atom is -0.362 e. The average Bonchev–Trinajstić information content (AvgIpc) is 2.91. The van der Waals surface area contributed by atoms with Crippen LogP contribution in [-0.2, 0) is 0 Å². The Labute approximate surface area is 117 Å². The number of hydrogen-bond donors (Lipinski definition) is 3. The molecule has 0 fully saturated rings. The van der Waals surface area contributed by atoms with Crippen LogP contribution in [0.1, 0.15) is 36.5 Å². The van der Waals surface area contributed by atoms with Gasteiger partial charge in [0.1, 0.15) is 17.5 Å². The van der Waals surface area contributed by atoms with E-state index in [0.717, 1.165) is 18.7 Å². The molecule has 0 aliphatic rings. The normalized spacial score (nSPS) is 12.2. The van der Waals surface area contributed by atoms with Gasteiger partial charge in [0.15, 0.2) is 0 Å². The molecule has 0 saturated carbocycles. The second kappa shape index (κ2) is 6.49. The van der Waals surface area contributed by atoms with Crippen LogP contribution in [0, 0.1) is 6.92 Å². The van der Waals surface area contributed by atoms with Crippen LogP contribution in [0.5, 0.6) is 0 Å². The van der Waals surface area contributed by atoms with E-state index in [9.17, 15) is 0 Å². The van der Waals surface area contributed by atoms with Gasteiger partial charge >= 0.3 is 0 Å². The van der Waals surface area contributed by atoms with Crippen molar-refractivity contribution in [2.45, 2.75) is 32.7 Å². The SMILES string of the molecule is CCCC(Nc1cc(NN)nc(C)n1)c1cccs1. The van der Waals surface area contributed by atoms with Crippen LogP contribution in [0.2, 0.25) is 0 Å². The molecule has 0 amide bonds. The summed E-state index contributed by atoms with van der Waals surface area (Å²) in [6.07, 6.45) is 2.18. The molecule has 19 heavy (non-hydrogen) atoms. The Morgan fingerprint density at radius 3 is 2.79 bits per heavy atom. The summed E-state index contributed by atoms with van der Waals surface area (Å²) in [5, 5.41) is 5.56. The first-order valence-corrected chi connectivity index (χ1v) is 7.23. The van der Waals surface area contributed by atoms with Crippen LogP contribution in [0.15, 0.2) is 23.6 Å². The fourth-order valence-electron chi connectivity index (χ4n) is 1.96. The maximum absolute atomic E-state index is 5.41. The molecule has 0 bridgehead atoms. The number of aromatic nitrogens is 2. The molecule has 0 radical (unpaired) electrons. The number of nitrogen functional groups attached to an aromatic ring is 1. The van der Waals surface area contributed by atoms with E-state index in [1.54, 1.807) is 11.3 Å². The number of hydrazine groups is 1. The zero-order valence-corrected chi connectivity index (χ0v) is 12.0. The van der Waals surface area contributed by atoms with E-state index in [1.807, 2.05) is 13.0 Å². The average molecular weight is 277 g/mol. The number of nitrogens with zero attached hydrogens (tertiary/aromatic N) is 2. The molecular formula is C13H19N5S. The Balaban J connectivity index is 2.19. The number of hydrogen-bond acceptors (Lipinski definition) is 6. The predicted molar refractivity (Wildman–Crippen MR) is 80.2 cm³/mol. The molecule has 102 valence electrons. The highest BCUT2D eigenvalue weighted by Gasteiger charge is 2.12. The summed E-state index contributed by atoms with van der Waals surface area (Å²) in [5.41, 5.74) is 2.56. The first kappa shape index (κ1) is 13.8. The van der Waals surface area contributed by atoms with E-state index in [-0.39, 0.29) is 6.04 Å². The van der Waals surface area contributed by atoms with Crippen molar-refractivity contribution in [3.8, 4) is 0 Å². The van der Waals surface area contributed by atoms with E-state index in [0.29, 0.717) is 11.6 Å². The Morgan fingerprint density at radius 2 is 2.16 bits per heavy atom. The van der Waals surface area contributed by atoms with Gasteiger partial charge in [0.25, 0.3) is 0 Å². The highest BCUT2D eigenvalue weighted by Crippen LogP contribution is 2.27. The van der Waals surface area contributed by atoms with Gasteiger partial charge in [-0.15, -0.1) is 11.3 Å². The smallest absolute Gasteiger partial charge is 0.145 e. The predicted octanol–water partition coefficient (Wildman–Crippen LogP) is 3.09. The molecule has 2 rings (SSSR count). The van der Waals surface area contributed by atoms with Crippen LogP contribution in [-0.4, -0.2) is 9.97 Å². The van der Waals surface area contributed by atoms with Gasteiger partial charge in [0.2, 0.25) is 0 Å². The van der Waals surface area contributed by atoms with E-state index in [4.69, 9.17) is 5.84 Å².